The maximum absolute atomic E-state index is 13.7. The first-order valence-corrected chi connectivity index (χ1v) is 9.41. The number of likely N-dealkylation sites (tertiary alicyclic amines) is 1. The van der Waals surface area contributed by atoms with E-state index in [1.54, 1.807) is 15.8 Å². The van der Waals surface area contributed by atoms with E-state index in [0.717, 1.165) is 17.7 Å². The predicted octanol–water partition coefficient (Wildman–Crippen LogP) is 3.85. The summed E-state index contributed by atoms with van der Waals surface area (Å²) in [6, 6.07) is 8.07. The monoisotopic (exact) mass is 398 g/mol. The van der Waals surface area contributed by atoms with Gasteiger partial charge in [0.2, 0.25) is 0 Å². The first kappa shape index (κ1) is 19.0. The van der Waals surface area contributed by atoms with Crippen molar-refractivity contribution in [2.75, 3.05) is 18.4 Å². The number of carbonyl (C=O) groups is 1. The van der Waals surface area contributed by atoms with E-state index >= 15 is 0 Å². The van der Waals surface area contributed by atoms with Gasteiger partial charge in [-0.05, 0) is 44.0 Å². The summed E-state index contributed by atoms with van der Waals surface area (Å²) in [4.78, 5) is 31.2. The molecule has 8 heteroatoms. The van der Waals surface area contributed by atoms with Crippen LogP contribution in [0.3, 0.4) is 0 Å². The average molecular weight is 398 g/mol. The Bertz CT molecular complexity index is 1140. The van der Waals surface area contributed by atoms with E-state index in [-0.39, 0.29) is 17.3 Å². The molecule has 150 valence electrons. The van der Waals surface area contributed by atoms with Gasteiger partial charge in [0.15, 0.2) is 0 Å². The van der Waals surface area contributed by atoms with Gasteiger partial charge in [-0.3, -0.25) is 9.36 Å². The molecule has 1 fully saturated rings. The molecule has 0 radical (unpaired) electrons. The number of urea groups is 1. The van der Waals surface area contributed by atoms with Crippen LogP contribution >= 0.6 is 0 Å². The molecule has 0 aliphatic carbocycles. The van der Waals surface area contributed by atoms with Crippen molar-refractivity contribution >= 4 is 22.6 Å². The SMILES string of the molecule is Cc1ccc2ncn(C3CCN(C(=O)Nc4ccc(F)cc4F)CC3)c(=O)c2c1. The number of rotatable bonds is 2. The third-order valence-electron chi connectivity index (χ3n) is 5.26. The van der Waals surface area contributed by atoms with Crippen LogP contribution in [0.2, 0.25) is 0 Å². The van der Waals surface area contributed by atoms with Crippen molar-refractivity contribution in [3.05, 3.63) is 70.3 Å². The number of benzene rings is 2. The van der Waals surface area contributed by atoms with Crippen LogP contribution in [0.15, 0.2) is 47.5 Å². The molecule has 0 unspecified atom stereocenters. The van der Waals surface area contributed by atoms with E-state index in [9.17, 15) is 18.4 Å². The molecule has 3 aromatic rings. The van der Waals surface area contributed by atoms with Crippen molar-refractivity contribution in [3.63, 3.8) is 0 Å². The van der Waals surface area contributed by atoms with Crippen LogP contribution in [-0.4, -0.2) is 33.6 Å². The van der Waals surface area contributed by atoms with Crippen LogP contribution in [0.1, 0.15) is 24.4 Å². The molecule has 2 heterocycles. The number of hydrogen-bond acceptors (Lipinski definition) is 3. The molecular weight excluding hydrogens is 378 g/mol. The van der Waals surface area contributed by atoms with Gasteiger partial charge in [-0.1, -0.05) is 11.6 Å². The summed E-state index contributed by atoms with van der Waals surface area (Å²) >= 11 is 0. The lowest BCUT2D eigenvalue weighted by Crippen LogP contribution is -2.43. The summed E-state index contributed by atoms with van der Waals surface area (Å²) in [6.45, 7) is 2.76. The summed E-state index contributed by atoms with van der Waals surface area (Å²) in [5, 5.41) is 3.05. The van der Waals surface area contributed by atoms with Gasteiger partial charge in [-0.2, -0.15) is 0 Å². The normalized spacial score (nSPS) is 14.9. The molecule has 1 N–H and O–H groups in total. The van der Waals surface area contributed by atoms with Crippen LogP contribution in [0.25, 0.3) is 10.9 Å². The number of halogens is 2. The van der Waals surface area contributed by atoms with E-state index < -0.39 is 17.7 Å². The fraction of sp³-hybridized carbons (Fsp3) is 0.286. The summed E-state index contributed by atoms with van der Waals surface area (Å²) in [6.07, 6.45) is 2.73. The molecule has 2 amide bonds. The highest BCUT2D eigenvalue weighted by molar-refractivity contribution is 5.89. The Morgan fingerprint density at radius 1 is 1.14 bits per heavy atom. The van der Waals surface area contributed by atoms with Gasteiger partial charge < -0.3 is 10.2 Å². The van der Waals surface area contributed by atoms with E-state index in [0.29, 0.717) is 36.8 Å². The third-order valence-corrected chi connectivity index (χ3v) is 5.26. The van der Waals surface area contributed by atoms with E-state index in [4.69, 9.17) is 0 Å². The Labute approximate surface area is 165 Å². The third kappa shape index (κ3) is 3.83. The molecule has 1 aliphatic rings. The van der Waals surface area contributed by atoms with Crippen LogP contribution in [-0.2, 0) is 0 Å². The number of aromatic nitrogens is 2. The second-order valence-corrected chi connectivity index (χ2v) is 7.25. The van der Waals surface area contributed by atoms with E-state index in [1.807, 2.05) is 25.1 Å². The molecular formula is C21H20F2N4O2. The Morgan fingerprint density at radius 2 is 1.90 bits per heavy atom. The van der Waals surface area contributed by atoms with Gasteiger partial charge in [0.05, 0.1) is 22.9 Å². The van der Waals surface area contributed by atoms with Gasteiger partial charge in [0.25, 0.3) is 5.56 Å². The van der Waals surface area contributed by atoms with Crippen molar-refractivity contribution in [2.24, 2.45) is 0 Å². The van der Waals surface area contributed by atoms with Crippen LogP contribution in [0.4, 0.5) is 19.3 Å². The van der Waals surface area contributed by atoms with Crippen molar-refractivity contribution in [1.82, 2.24) is 14.5 Å². The Balaban J connectivity index is 1.45. The van der Waals surface area contributed by atoms with E-state index in [2.05, 4.69) is 10.3 Å². The minimum absolute atomic E-state index is 0.0634. The number of piperidine rings is 1. The predicted molar refractivity (Wildman–Crippen MR) is 106 cm³/mol. The zero-order chi connectivity index (χ0) is 20.5. The Hall–Kier alpha value is -3.29. The highest BCUT2D eigenvalue weighted by atomic mass is 19.1. The number of anilines is 1. The standard InChI is InChI=1S/C21H20F2N4O2/c1-13-2-4-18-16(10-13)20(28)27(12-24-18)15-6-8-26(9-7-15)21(29)25-19-5-3-14(22)11-17(19)23/h2-5,10-12,15H,6-9H2,1H3,(H,25,29). The minimum Gasteiger partial charge on any atom is -0.324 e. The zero-order valence-electron chi connectivity index (χ0n) is 15.9. The van der Waals surface area contributed by atoms with E-state index in [1.165, 1.54) is 6.07 Å². The lowest BCUT2D eigenvalue weighted by molar-refractivity contribution is 0.182. The Kier molecular flexibility index (Phi) is 5.00. The molecule has 0 saturated carbocycles. The van der Waals surface area contributed by atoms with Crippen molar-refractivity contribution in [1.29, 1.82) is 0 Å². The lowest BCUT2D eigenvalue weighted by Gasteiger charge is -2.32. The number of aryl methyl sites for hydroxylation is 1. The lowest BCUT2D eigenvalue weighted by atomic mass is 10.0. The summed E-state index contributed by atoms with van der Waals surface area (Å²) in [7, 11) is 0. The Morgan fingerprint density at radius 3 is 2.62 bits per heavy atom. The molecule has 1 saturated heterocycles. The van der Waals surface area contributed by atoms with Gasteiger partial charge in [-0.15, -0.1) is 0 Å². The number of fused-ring (bicyclic) bond motifs is 1. The molecule has 6 nitrogen and oxygen atoms in total. The number of amides is 2. The molecule has 2 aromatic carbocycles. The number of hydrogen-bond donors (Lipinski definition) is 1. The smallest absolute Gasteiger partial charge is 0.321 e. The van der Waals surface area contributed by atoms with Crippen LogP contribution in [0.5, 0.6) is 0 Å². The molecule has 0 bridgehead atoms. The van der Waals surface area contributed by atoms with Gasteiger partial charge in [-0.25, -0.2) is 18.6 Å². The van der Waals surface area contributed by atoms with Crippen LogP contribution < -0.4 is 10.9 Å². The second-order valence-electron chi connectivity index (χ2n) is 7.25. The van der Waals surface area contributed by atoms with Gasteiger partial charge in [0.1, 0.15) is 11.6 Å². The van der Waals surface area contributed by atoms with Gasteiger partial charge in [0, 0.05) is 25.2 Å². The maximum atomic E-state index is 13.7. The number of carbonyl (C=O) groups excluding carboxylic acids is 1. The first-order chi connectivity index (χ1) is 13.9. The first-order valence-electron chi connectivity index (χ1n) is 9.41. The summed E-state index contributed by atoms with van der Waals surface area (Å²) in [5.41, 5.74) is 1.50. The molecule has 4 rings (SSSR count). The topological polar surface area (TPSA) is 67.2 Å². The van der Waals surface area contributed by atoms with Crippen LogP contribution in [0, 0.1) is 18.6 Å². The average Bonchev–Trinajstić information content (AvgIpc) is 2.71. The molecule has 0 spiro atoms. The summed E-state index contributed by atoms with van der Waals surface area (Å²) in [5.74, 6) is -1.52. The maximum Gasteiger partial charge on any atom is 0.321 e. The molecule has 0 atom stereocenters. The largest absolute Gasteiger partial charge is 0.324 e. The quantitative estimate of drug-likeness (QED) is 0.713. The molecule has 1 aromatic heterocycles. The van der Waals surface area contributed by atoms with Crippen molar-refractivity contribution in [3.8, 4) is 0 Å². The zero-order valence-corrected chi connectivity index (χ0v) is 15.9. The highest BCUT2D eigenvalue weighted by Crippen LogP contribution is 2.23. The fourth-order valence-corrected chi connectivity index (χ4v) is 3.64. The number of nitrogens with zero attached hydrogens (tertiary/aromatic N) is 3. The van der Waals surface area contributed by atoms with Crippen molar-refractivity contribution in [2.45, 2.75) is 25.8 Å². The number of nitrogens with one attached hydrogen (secondary N) is 1. The minimum atomic E-state index is -0.822. The van der Waals surface area contributed by atoms with Crippen molar-refractivity contribution < 1.29 is 13.6 Å². The van der Waals surface area contributed by atoms with Gasteiger partial charge >= 0.3 is 6.03 Å². The highest BCUT2D eigenvalue weighted by Gasteiger charge is 2.25. The molecule has 29 heavy (non-hydrogen) atoms. The fourth-order valence-electron chi connectivity index (χ4n) is 3.64. The summed E-state index contributed by atoms with van der Waals surface area (Å²) < 4.78 is 28.4. The molecule has 1 aliphatic heterocycles. The second kappa shape index (κ2) is 7.62.